The van der Waals surface area contributed by atoms with Gasteiger partial charge in [-0.15, -0.1) is 0 Å². The number of nitrogens with one attached hydrogen (secondary N) is 1. The lowest BCUT2D eigenvalue weighted by Crippen LogP contribution is -2.43. The zero-order valence-corrected chi connectivity index (χ0v) is 16.1. The molecule has 0 aromatic heterocycles. The van der Waals surface area contributed by atoms with Gasteiger partial charge in [-0.05, 0) is 49.2 Å². The molecule has 7 heteroatoms. The Morgan fingerprint density at radius 3 is 2.36 bits per heavy atom. The van der Waals surface area contributed by atoms with Gasteiger partial charge in [0.25, 0.3) is 0 Å². The molecule has 28 heavy (non-hydrogen) atoms. The molecule has 0 atom stereocenters. The van der Waals surface area contributed by atoms with Crippen molar-refractivity contribution >= 4 is 15.9 Å². The van der Waals surface area contributed by atoms with E-state index in [0.29, 0.717) is 12.8 Å². The van der Waals surface area contributed by atoms with E-state index in [1.165, 1.54) is 16.4 Å². The Morgan fingerprint density at radius 1 is 1.07 bits per heavy atom. The van der Waals surface area contributed by atoms with Crippen LogP contribution in [-0.2, 0) is 14.8 Å². The van der Waals surface area contributed by atoms with Crippen LogP contribution >= 0.6 is 0 Å². The minimum Gasteiger partial charge on any atom is -0.345 e. The Balaban J connectivity index is 1.50. The minimum atomic E-state index is -3.67. The van der Waals surface area contributed by atoms with Crippen molar-refractivity contribution in [3.63, 3.8) is 0 Å². The van der Waals surface area contributed by atoms with Crippen molar-refractivity contribution in [1.29, 1.82) is 0 Å². The zero-order valence-electron chi connectivity index (χ0n) is 15.3. The molecule has 0 radical (unpaired) electrons. The van der Waals surface area contributed by atoms with E-state index in [4.69, 9.17) is 0 Å². The number of benzene rings is 2. The van der Waals surface area contributed by atoms with E-state index in [2.05, 4.69) is 17.2 Å². The summed E-state index contributed by atoms with van der Waals surface area (Å²) in [5.74, 6) is 5.06. The van der Waals surface area contributed by atoms with Crippen LogP contribution in [0.5, 0.6) is 0 Å². The predicted molar refractivity (Wildman–Crippen MR) is 104 cm³/mol. The van der Waals surface area contributed by atoms with Gasteiger partial charge in [-0.2, -0.15) is 4.31 Å². The Hall–Kier alpha value is -2.69. The van der Waals surface area contributed by atoms with Crippen LogP contribution in [0.25, 0.3) is 0 Å². The number of hydrogen-bond acceptors (Lipinski definition) is 3. The molecule has 1 fully saturated rings. The van der Waals surface area contributed by atoms with E-state index < -0.39 is 15.8 Å². The maximum atomic E-state index is 13.0. The molecular formula is C21H21FN2O3S. The smallest absolute Gasteiger partial charge is 0.243 e. The maximum absolute atomic E-state index is 13.0. The first-order valence-corrected chi connectivity index (χ1v) is 10.5. The molecule has 1 saturated heterocycles. The molecule has 5 nitrogen and oxygen atoms in total. The third-order valence-electron chi connectivity index (χ3n) is 4.63. The third-order valence-corrected chi connectivity index (χ3v) is 6.55. The second-order valence-electron chi connectivity index (χ2n) is 6.52. The molecule has 146 valence electrons. The zero-order chi connectivity index (χ0) is 20.0. The second-order valence-corrected chi connectivity index (χ2v) is 8.46. The number of rotatable bonds is 4. The molecule has 1 amide bonds. The van der Waals surface area contributed by atoms with E-state index >= 15 is 0 Å². The predicted octanol–water partition coefficient (Wildman–Crippen LogP) is 2.39. The van der Waals surface area contributed by atoms with Crippen LogP contribution < -0.4 is 5.32 Å². The van der Waals surface area contributed by atoms with Gasteiger partial charge in [-0.25, -0.2) is 12.8 Å². The van der Waals surface area contributed by atoms with Crippen LogP contribution in [0.4, 0.5) is 4.39 Å². The molecule has 1 heterocycles. The summed E-state index contributed by atoms with van der Waals surface area (Å²) in [6.45, 7) is 0.767. The largest absolute Gasteiger partial charge is 0.345 e. The standard InChI is InChI=1S/C21H21FN2O3S/c22-19-8-10-20(11-9-19)28(26,27)24-15-12-18(13-16-24)21(25)23-14-4-7-17-5-2-1-3-6-17/h1-3,5-6,8-11,18H,12-16H2,(H,23,25). The molecule has 0 spiro atoms. The summed E-state index contributed by atoms with van der Waals surface area (Å²) in [4.78, 5) is 12.3. The lowest BCUT2D eigenvalue weighted by Gasteiger charge is -2.30. The van der Waals surface area contributed by atoms with Gasteiger partial charge in [0.15, 0.2) is 0 Å². The van der Waals surface area contributed by atoms with Crippen molar-refractivity contribution in [1.82, 2.24) is 9.62 Å². The number of hydrogen-bond donors (Lipinski definition) is 1. The van der Waals surface area contributed by atoms with Gasteiger partial charge in [-0.1, -0.05) is 30.0 Å². The van der Waals surface area contributed by atoms with Gasteiger partial charge in [0.05, 0.1) is 11.4 Å². The molecule has 1 aliphatic heterocycles. The average molecular weight is 400 g/mol. The lowest BCUT2D eigenvalue weighted by molar-refractivity contribution is -0.125. The van der Waals surface area contributed by atoms with Crippen molar-refractivity contribution in [3.8, 4) is 11.8 Å². The van der Waals surface area contributed by atoms with Gasteiger partial charge in [0, 0.05) is 24.6 Å². The van der Waals surface area contributed by atoms with Gasteiger partial charge in [0.2, 0.25) is 15.9 Å². The average Bonchev–Trinajstić information content (AvgIpc) is 2.72. The van der Waals surface area contributed by atoms with Crippen LogP contribution in [0.15, 0.2) is 59.5 Å². The highest BCUT2D eigenvalue weighted by atomic mass is 32.2. The minimum absolute atomic E-state index is 0.0630. The molecule has 2 aromatic rings. The normalized spacial score (nSPS) is 15.5. The Kier molecular flexibility index (Phi) is 6.45. The number of amides is 1. The second kappa shape index (κ2) is 9.00. The highest BCUT2D eigenvalue weighted by Crippen LogP contribution is 2.24. The Bertz CT molecular complexity index is 972. The molecular weight excluding hydrogens is 379 g/mol. The first-order valence-electron chi connectivity index (χ1n) is 9.04. The number of carbonyl (C=O) groups is 1. The number of piperidine rings is 1. The fraction of sp³-hybridized carbons (Fsp3) is 0.286. The molecule has 0 aliphatic carbocycles. The first kappa shape index (κ1) is 20.1. The highest BCUT2D eigenvalue weighted by Gasteiger charge is 2.31. The van der Waals surface area contributed by atoms with E-state index in [0.717, 1.165) is 17.7 Å². The molecule has 1 N–H and O–H groups in total. The maximum Gasteiger partial charge on any atom is 0.243 e. The molecule has 2 aromatic carbocycles. The van der Waals surface area contributed by atoms with Crippen molar-refractivity contribution in [2.75, 3.05) is 19.6 Å². The summed E-state index contributed by atoms with van der Waals surface area (Å²) in [7, 11) is -3.67. The SMILES string of the molecule is O=C(NCC#Cc1ccccc1)C1CCN(S(=O)(=O)c2ccc(F)cc2)CC1. The summed E-state index contributed by atoms with van der Waals surface area (Å²) < 4.78 is 39.6. The van der Waals surface area contributed by atoms with Gasteiger partial charge in [0.1, 0.15) is 5.82 Å². The van der Waals surface area contributed by atoms with E-state index in [9.17, 15) is 17.6 Å². The monoisotopic (exact) mass is 400 g/mol. The van der Waals surface area contributed by atoms with Gasteiger partial charge >= 0.3 is 0 Å². The quantitative estimate of drug-likeness (QED) is 0.802. The lowest BCUT2D eigenvalue weighted by atomic mass is 9.97. The number of halogens is 1. The molecule has 0 saturated carbocycles. The van der Waals surface area contributed by atoms with Crippen LogP contribution in [0.3, 0.4) is 0 Å². The molecule has 0 bridgehead atoms. The molecule has 1 aliphatic rings. The topological polar surface area (TPSA) is 66.5 Å². The van der Waals surface area contributed by atoms with Crippen molar-refractivity contribution in [2.24, 2.45) is 5.92 Å². The van der Waals surface area contributed by atoms with Crippen LogP contribution in [0.1, 0.15) is 18.4 Å². The van der Waals surface area contributed by atoms with Gasteiger partial charge in [-0.3, -0.25) is 4.79 Å². The van der Waals surface area contributed by atoms with E-state index in [1.54, 1.807) is 0 Å². The van der Waals surface area contributed by atoms with Crippen LogP contribution in [0, 0.1) is 23.6 Å². The Labute approximate surface area is 164 Å². The number of sulfonamides is 1. The summed E-state index contributed by atoms with van der Waals surface area (Å²) in [5.41, 5.74) is 0.885. The molecule has 3 rings (SSSR count). The fourth-order valence-corrected chi connectivity index (χ4v) is 4.53. The first-order chi connectivity index (χ1) is 13.5. The summed E-state index contributed by atoms with van der Waals surface area (Å²) in [5, 5.41) is 2.79. The van der Waals surface area contributed by atoms with Gasteiger partial charge < -0.3 is 5.32 Å². The van der Waals surface area contributed by atoms with Crippen LogP contribution in [-0.4, -0.2) is 38.3 Å². The van der Waals surface area contributed by atoms with Crippen molar-refractivity contribution in [3.05, 3.63) is 66.0 Å². The summed E-state index contributed by atoms with van der Waals surface area (Å²) >= 11 is 0. The van der Waals surface area contributed by atoms with E-state index in [-0.39, 0.29) is 36.4 Å². The highest BCUT2D eigenvalue weighted by molar-refractivity contribution is 7.89. The Morgan fingerprint density at radius 2 is 1.71 bits per heavy atom. The fourth-order valence-electron chi connectivity index (χ4n) is 3.06. The summed E-state index contributed by atoms with van der Waals surface area (Å²) in [6.07, 6.45) is 0.886. The van der Waals surface area contributed by atoms with Crippen LogP contribution in [0.2, 0.25) is 0 Å². The van der Waals surface area contributed by atoms with Crippen molar-refractivity contribution < 1.29 is 17.6 Å². The number of nitrogens with zero attached hydrogens (tertiary/aromatic N) is 1. The third kappa shape index (κ3) is 4.97. The van der Waals surface area contributed by atoms with Crippen molar-refractivity contribution in [2.45, 2.75) is 17.7 Å². The number of carbonyl (C=O) groups excluding carboxylic acids is 1. The molecule has 0 unspecified atom stereocenters. The summed E-state index contributed by atoms with van der Waals surface area (Å²) in [6, 6.07) is 14.3. The van der Waals surface area contributed by atoms with E-state index in [1.807, 2.05) is 30.3 Å².